The number of carboxylic acid groups (broad SMARTS) is 1. The zero-order valence-electron chi connectivity index (χ0n) is 29.2. The van der Waals surface area contributed by atoms with Gasteiger partial charge in [0.05, 0.1) is 21.1 Å². The van der Waals surface area contributed by atoms with E-state index in [9.17, 15) is 17.8 Å². The average molecular weight is 766 g/mol. The van der Waals surface area contributed by atoms with E-state index in [1.807, 2.05) is 18.2 Å². The van der Waals surface area contributed by atoms with Crippen LogP contribution in [-0.2, 0) is 46.1 Å². The fourth-order valence-electron chi connectivity index (χ4n) is 9.00. The number of carboxylic acids is 1. The van der Waals surface area contributed by atoms with E-state index in [0.717, 1.165) is 89.6 Å². The highest BCUT2D eigenvalue weighted by Crippen LogP contribution is 2.47. The van der Waals surface area contributed by atoms with Crippen molar-refractivity contribution in [2.45, 2.75) is 74.1 Å². The van der Waals surface area contributed by atoms with E-state index in [0.29, 0.717) is 30.3 Å². The quantitative estimate of drug-likeness (QED) is 0.0797. The monoisotopic (exact) mass is 765 g/mol. The standard InChI is InChI=1S/C40H36F4N2O5S2/c1-40(2)28-18-29-22(6-3-15-46(29)19-21-9-11-24(12-10-21)53(49,50)51)16-26(28)31(32-34(41)36(43)39(37(44)35(32)42)52-20-30(47)48)27-17-23-7-4-13-45-14-5-8-25(33(27)40)38(23)45/h9-12,16-18H,3-8,13-15,19-20H2,1-2H3,(H-,47,48,49,50,51)/p+1. The molecule has 0 amide bonds. The van der Waals surface area contributed by atoms with Gasteiger partial charge in [-0.2, -0.15) is 8.42 Å². The summed E-state index contributed by atoms with van der Waals surface area (Å²) in [4.78, 5) is 12.2. The third-order valence-electron chi connectivity index (χ3n) is 11.2. The molecule has 13 heteroatoms. The van der Waals surface area contributed by atoms with E-state index in [1.54, 1.807) is 12.1 Å². The largest absolute Gasteiger partial charge is 0.481 e. The number of aryl methyl sites for hydroxylation is 2. The molecule has 0 aromatic heterocycles. The van der Waals surface area contributed by atoms with Crippen LogP contribution in [0.2, 0.25) is 0 Å². The number of anilines is 1. The Labute approximate surface area is 308 Å². The minimum absolute atomic E-state index is 0.0828. The first kappa shape index (κ1) is 35.8. The minimum atomic E-state index is -4.35. The van der Waals surface area contributed by atoms with Gasteiger partial charge in [0, 0.05) is 53.7 Å². The van der Waals surface area contributed by atoms with Gasteiger partial charge in [0.15, 0.2) is 23.3 Å². The van der Waals surface area contributed by atoms with Crippen LogP contribution < -0.4 is 20.1 Å². The van der Waals surface area contributed by atoms with E-state index < -0.39 is 61.0 Å². The molecule has 4 aromatic carbocycles. The van der Waals surface area contributed by atoms with Crippen molar-refractivity contribution in [3.63, 3.8) is 0 Å². The molecule has 3 heterocycles. The molecule has 0 saturated carbocycles. The Morgan fingerprint density at radius 1 is 0.906 bits per heavy atom. The van der Waals surface area contributed by atoms with Crippen molar-refractivity contribution in [2.75, 3.05) is 30.3 Å². The molecule has 8 rings (SSSR count). The number of fused-ring (bicyclic) bond motifs is 4. The molecule has 3 aliphatic heterocycles. The Hall–Kier alpha value is -4.20. The van der Waals surface area contributed by atoms with E-state index in [1.165, 1.54) is 12.1 Å². The lowest BCUT2D eigenvalue weighted by molar-refractivity contribution is -0.133. The predicted octanol–water partition coefficient (Wildman–Crippen LogP) is 5.89. The van der Waals surface area contributed by atoms with Crippen molar-refractivity contribution in [3.05, 3.63) is 121 Å². The van der Waals surface area contributed by atoms with Crippen molar-refractivity contribution in [1.82, 2.24) is 4.58 Å². The highest BCUT2D eigenvalue weighted by atomic mass is 32.2. The molecule has 0 radical (unpaired) electrons. The number of nitrogens with zero attached hydrogens (tertiary/aromatic N) is 2. The lowest BCUT2D eigenvalue weighted by atomic mass is 9.65. The molecule has 53 heavy (non-hydrogen) atoms. The van der Waals surface area contributed by atoms with Crippen molar-refractivity contribution in [2.24, 2.45) is 0 Å². The summed E-state index contributed by atoms with van der Waals surface area (Å²) in [5.41, 5.74) is 5.42. The number of hydrogen-bond acceptors (Lipinski definition) is 5. The summed E-state index contributed by atoms with van der Waals surface area (Å²) in [5, 5.41) is 10.8. The van der Waals surface area contributed by atoms with Gasteiger partial charge in [-0.3, -0.25) is 9.35 Å². The van der Waals surface area contributed by atoms with Crippen LogP contribution in [0, 0.1) is 23.3 Å². The summed E-state index contributed by atoms with van der Waals surface area (Å²) >= 11 is 0.198. The van der Waals surface area contributed by atoms with Crippen LogP contribution in [0.4, 0.5) is 23.2 Å². The molecule has 4 aliphatic rings. The molecule has 0 unspecified atom stereocenters. The van der Waals surface area contributed by atoms with Gasteiger partial charge in [-0.25, -0.2) is 22.1 Å². The number of hydrogen-bond donors (Lipinski definition) is 2. The van der Waals surface area contributed by atoms with E-state index in [4.69, 9.17) is 5.11 Å². The van der Waals surface area contributed by atoms with Crippen LogP contribution in [-0.4, -0.2) is 49.4 Å². The average Bonchev–Trinajstić information content (AvgIpc) is 3.11. The number of thioether (sulfide) groups is 1. The Morgan fingerprint density at radius 2 is 1.57 bits per heavy atom. The molecular weight excluding hydrogens is 729 g/mol. The lowest BCUT2D eigenvalue weighted by Gasteiger charge is -2.40. The first-order valence-corrected chi connectivity index (χ1v) is 20.1. The Morgan fingerprint density at radius 3 is 2.23 bits per heavy atom. The Bertz CT molecular complexity index is 2470. The van der Waals surface area contributed by atoms with E-state index >= 15 is 17.6 Å². The smallest absolute Gasteiger partial charge is 0.313 e. The third kappa shape index (κ3) is 5.86. The third-order valence-corrected chi connectivity index (χ3v) is 13.1. The van der Waals surface area contributed by atoms with Gasteiger partial charge in [-0.1, -0.05) is 26.0 Å². The molecule has 7 nitrogen and oxygen atoms in total. The van der Waals surface area contributed by atoms with Crippen LogP contribution in [0.1, 0.15) is 77.6 Å². The van der Waals surface area contributed by atoms with Crippen molar-refractivity contribution >= 4 is 39.1 Å². The maximum absolute atomic E-state index is 16.5. The molecule has 0 spiro atoms. The summed E-state index contributed by atoms with van der Waals surface area (Å²) in [6.07, 6.45) is 4.68. The van der Waals surface area contributed by atoms with E-state index in [2.05, 4.69) is 23.3 Å². The molecule has 0 fully saturated rings. The second-order valence-electron chi connectivity index (χ2n) is 14.8. The van der Waals surface area contributed by atoms with Gasteiger partial charge in [-0.05, 0) is 89.1 Å². The molecule has 0 atom stereocenters. The topological polar surface area (TPSA) is 97.9 Å². The number of aliphatic carboxylic acids is 1. The predicted molar refractivity (Wildman–Crippen MR) is 194 cm³/mol. The van der Waals surface area contributed by atoms with Gasteiger partial charge in [0.25, 0.3) is 10.1 Å². The summed E-state index contributed by atoms with van der Waals surface area (Å²) in [7, 11) is -4.35. The van der Waals surface area contributed by atoms with Crippen LogP contribution >= 0.6 is 11.8 Å². The maximum atomic E-state index is 16.5. The zero-order valence-corrected chi connectivity index (χ0v) is 30.8. The van der Waals surface area contributed by atoms with Gasteiger partial charge in [0.2, 0.25) is 5.36 Å². The number of rotatable bonds is 7. The lowest BCUT2D eigenvalue weighted by Crippen LogP contribution is -2.49. The van der Waals surface area contributed by atoms with Gasteiger partial charge in [0.1, 0.15) is 13.1 Å². The number of halogens is 4. The molecule has 0 saturated heterocycles. The van der Waals surface area contributed by atoms with Crippen LogP contribution in [0.5, 0.6) is 0 Å². The summed E-state index contributed by atoms with van der Waals surface area (Å²) in [6, 6.07) is 11.9. The SMILES string of the molecule is CC1(C)c2cc3c(cc2C(c2c(F)c(F)c(SCC(=O)O)c(F)c2F)=c2cc4c5c(c21)CCC[N+]=5CCC4)CCCN3Cc1ccc(S(=O)(=O)O)cc1. The molecule has 2 N–H and O–H groups in total. The maximum Gasteiger partial charge on any atom is 0.313 e. The van der Waals surface area contributed by atoms with Crippen molar-refractivity contribution in [3.8, 4) is 0 Å². The van der Waals surface area contributed by atoms with Gasteiger partial charge in [-0.15, -0.1) is 11.8 Å². The fourth-order valence-corrected chi connectivity index (χ4v) is 10.2. The molecule has 1 aliphatic carbocycles. The molecule has 0 bridgehead atoms. The summed E-state index contributed by atoms with van der Waals surface area (Å²) < 4.78 is 99.8. The summed E-state index contributed by atoms with van der Waals surface area (Å²) in [6.45, 7) is 7.07. The first-order chi connectivity index (χ1) is 25.2. The second-order valence-corrected chi connectivity index (χ2v) is 17.2. The van der Waals surface area contributed by atoms with Crippen molar-refractivity contribution in [1.29, 1.82) is 0 Å². The van der Waals surface area contributed by atoms with Crippen LogP contribution in [0.15, 0.2) is 52.3 Å². The van der Waals surface area contributed by atoms with Crippen LogP contribution in [0.25, 0.3) is 5.57 Å². The molecular formula is C40H37F4N2O5S2+. The van der Waals surface area contributed by atoms with E-state index in [-0.39, 0.29) is 22.2 Å². The molecule has 276 valence electrons. The zero-order chi connectivity index (χ0) is 37.6. The normalized spacial score (nSPS) is 17.2. The molecule has 4 aromatic rings. The fraction of sp³-hybridized carbons (Fsp3) is 0.350. The minimum Gasteiger partial charge on any atom is -0.481 e. The Kier molecular flexibility index (Phi) is 8.77. The highest BCUT2D eigenvalue weighted by Gasteiger charge is 2.42. The highest BCUT2D eigenvalue weighted by molar-refractivity contribution is 8.00. The second kappa shape index (κ2) is 13.0. The summed E-state index contributed by atoms with van der Waals surface area (Å²) in [5.74, 6) is -8.54. The number of benzene rings is 4. The number of carbonyl (C=O) groups is 1. The van der Waals surface area contributed by atoms with Gasteiger partial charge < -0.3 is 10.0 Å². The van der Waals surface area contributed by atoms with Crippen LogP contribution in [0.3, 0.4) is 0 Å². The first-order valence-electron chi connectivity index (χ1n) is 17.7. The van der Waals surface area contributed by atoms with Gasteiger partial charge >= 0.3 is 5.97 Å². The Balaban J connectivity index is 1.40. The van der Waals surface area contributed by atoms with Crippen molar-refractivity contribution < 1.29 is 40.4 Å².